The highest BCUT2D eigenvalue weighted by Gasteiger charge is 2.45. The van der Waals surface area contributed by atoms with Crippen LogP contribution in [0.2, 0.25) is 5.02 Å². The van der Waals surface area contributed by atoms with Crippen molar-refractivity contribution in [2.45, 2.75) is 76.5 Å². The van der Waals surface area contributed by atoms with Gasteiger partial charge in [0.15, 0.2) is 0 Å². The molecular weight excluding hydrogens is 643 g/mol. The van der Waals surface area contributed by atoms with E-state index in [1.165, 1.54) is 12.8 Å². The standard InChI is InChI=1S/C38H48ClFN6O3/c1-4-30-33(22-34(48-5-2)31-12-6-10-28-11-7-13-32(39)35(28)31)42-37(49-25-38-15-8-18-46(38)19-9-16-38)43-36(30)44-20-21-45(26-47-24-27(3)40)29(23-44)14-17-41/h6-7,10-13,29,34H,3-5,8-9,14-16,18-26H2,1-2H3/t29-,34?/m0/s1. The molecule has 0 aliphatic carbocycles. The summed E-state index contributed by atoms with van der Waals surface area (Å²) in [5.41, 5.74) is 3.01. The molecule has 9 nitrogen and oxygen atoms in total. The Labute approximate surface area is 294 Å². The van der Waals surface area contributed by atoms with Gasteiger partial charge in [0.2, 0.25) is 0 Å². The number of aromatic nitrogens is 2. The van der Waals surface area contributed by atoms with Gasteiger partial charge in [0.05, 0.1) is 43.2 Å². The molecule has 49 heavy (non-hydrogen) atoms. The van der Waals surface area contributed by atoms with Crippen LogP contribution in [0, 0.1) is 11.3 Å². The van der Waals surface area contributed by atoms with Gasteiger partial charge in [-0.3, -0.25) is 9.80 Å². The van der Waals surface area contributed by atoms with E-state index in [0.717, 1.165) is 59.3 Å². The number of piperazine rings is 1. The highest BCUT2D eigenvalue weighted by atomic mass is 35.5. The van der Waals surface area contributed by atoms with Crippen LogP contribution in [-0.4, -0.2) is 90.6 Å². The molecule has 3 fully saturated rings. The molecule has 0 radical (unpaired) electrons. The predicted molar refractivity (Wildman–Crippen MR) is 191 cm³/mol. The fourth-order valence-corrected chi connectivity index (χ4v) is 8.36. The molecule has 6 rings (SSSR count). The Hall–Kier alpha value is -3.33. The zero-order chi connectivity index (χ0) is 34.4. The summed E-state index contributed by atoms with van der Waals surface area (Å²) in [5.74, 6) is 0.319. The van der Waals surface area contributed by atoms with Crippen LogP contribution in [0.3, 0.4) is 0 Å². The lowest BCUT2D eigenvalue weighted by Crippen LogP contribution is -2.54. The smallest absolute Gasteiger partial charge is 0.318 e. The van der Waals surface area contributed by atoms with Gasteiger partial charge in [0.1, 0.15) is 18.3 Å². The van der Waals surface area contributed by atoms with E-state index in [4.69, 9.17) is 35.8 Å². The Morgan fingerprint density at radius 1 is 1.12 bits per heavy atom. The molecule has 0 saturated carbocycles. The van der Waals surface area contributed by atoms with Crippen LogP contribution in [-0.2, 0) is 22.3 Å². The van der Waals surface area contributed by atoms with E-state index in [2.05, 4.69) is 58.5 Å². The summed E-state index contributed by atoms with van der Waals surface area (Å²) < 4.78 is 31.9. The molecule has 0 N–H and O–H groups in total. The molecule has 3 aromatic rings. The summed E-state index contributed by atoms with van der Waals surface area (Å²) in [7, 11) is 0. The molecule has 3 saturated heterocycles. The van der Waals surface area contributed by atoms with E-state index in [-0.39, 0.29) is 31.0 Å². The second-order valence-corrected chi connectivity index (χ2v) is 13.8. The molecule has 0 bridgehead atoms. The van der Waals surface area contributed by atoms with Crippen LogP contribution < -0.4 is 9.64 Å². The average Bonchev–Trinajstić information content (AvgIpc) is 3.68. The van der Waals surface area contributed by atoms with Crippen LogP contribution in [0.1, 0.15) is 68.9 Å². The monoisotopic (exact) mass is 690 g/mol. The maximum Gasteiger partial charge on any atom is 0.318 e. The van der Waals surface area contributed by atoms with Crippen molar-refractivity contribution in [2.75, 3.05) is 64.2 Å². The van der Waals surface area contributed by atoms with E-state index in [0.29, 0.717) is 63.1 Å². The van der Waals surface area contributed by atoms with Crippen LogP contribution in [0.5, 0.6) is 6.01 Å². The second kappa shape index (κ2) is 16.1. The first-order valence-corrected chi connectivity index (χ1v) is 18.1. The van der Waals surface area contributed by atoms with E-state index < -0.39 is 5.83 Å². The number of rotatable bonds is 15. The molecule has 2 atom stereocenters. The van der Waals surface area contributed by atoms with Gasteiger partial charge in [0.25, 0.3) is 0 Å². The molecule has 1 aromatic heterocycles. The molecule has 11 heteroatoms. The van der Waals surface area contributed by atoms with Gasteiger partial charge in [-0.1, -0.05) is 55.4 Å². The summed E-state index contributed by atoms with van der Waals surface area (Å²) >= 11 is 6.79. The first-order valence-electron chi connectivity index (χ1n) is 17.7. The van der Waals surface area contributed by atoms with E-state index in [1.807, 2.05) is 19.1 Å². The van der Waals surface area contributed by atoms with Crippen molar-refractivity contribution >= 4 is 28.2 Å². The summed E-state index contributed by atoms with van der Waals surface area (Å²) in [6.45, 7) is 12.7. The Morgan fingerprint density at radius 2 is 1.90 bits per heavy atom. The fourth-order valence-electron chi connectivity index (χ4n) is 8.07. The average molecular weight is 691 g/mol. The van der Waals surface area contributed by atoms with E-state index >= 15 is 0 Å². The number of halogens is 2. The van der Waals surface area contributed by atoms with Crippen molar-refractivity contribution in [3.8, 4) is 12.1 Å². The minimum atomic E-state index is -0.516. The number of ether oxygens (including phenoxy) is 3. The summed E-state index contributed by atoms with van der Waals surface area (Å²) in [5, 5.41) is 12.5. The molecule has 2 aromatic carbocycles. The van der Waals surface area contributed by atoms with E-state index in [1.54, 1.807) is 0 Å². The van der Waals surface area contributed by atoms with Crippen LogP contribution in [0.4, 0.5) is 10.2 Å². The van der Waals surface area contributed by atoms with Crippen molar-refractivity contribution in [1.29, 1.82) is 5.26 Å². The topological polar surface area (TPSA) is 87.0 Å². The number of fused-ring (bicyclic) bond motifs is 2. The van der Waals surface area contributed by atoms with Gasteiger partial charge in [0, 0.05) is 54.7 Å². The lowest BCUT2D eigenvalue weighted by atomic mass is 9.95. The van der Waals surface area contributed by atoms with Gasteiger partial charge in [-0.15, -0.1) is 0 Å². The maximum atomic E-state index is 13.3. The maximum absolute atomic E-state index is 13.3. The Morgan fingerprint density at radius 3 is 2.61 bits per heavy atom. The lowest BCUT2D eigenvalue weighted by molar-refractivity contribution is 0.00582. The number of hydrogen-bond donors (Lipinski definition) is 0. The number of benzene rings is 2. The molecule has 4 heterocycles. The Balaban J connectivity index is 1.35. The SMILES string of the molecule is C=C(F)COCN1CCN(c2nc(OCC34CCCN3CCC4)nc(CC(OCC)c3cccc4cccc(Cl)c34)c2CC)C[C@@H]1CC#N. The highest BCUT2D eigenvalue weighted by Crippen LogP contribution is 2.40. The summed E-state index contributed by atoms with van der Waals surface area (Å²) in [4.78, 5) is 17.2. The quantitative estimate of drug-likeness (QED) is 0.167. The van der Waals surface area contributed by atoms with Crippen LogP contribution in [0.15, 0.2) is 48.8 Å². The van der Waals surface area contributed by atoms with Gasteiger partial charge in [-0.25, -0.2) is 4.39 Å². The fraction of sp³-hybridized carbons (Fsp3) is 0.553. The van der Waals surface area contributed by atoms with Crippen molar-refractivity contribution in [1.82, 2.24) is 19.8 Å². The van der Waals surface area contributed by atoms with Crippen molar-refractivity contribution in [2.24, 2.45) is 0 Å². The largest absolute Gasteiger partial charge is 0.461 e. The molecule has 3 aliphatic heterocycles. The van der Waals surface area contributed by atoms with Gasteiger partial charge in [-0.05, 0) is 69.1 Å². The third-order valence-corrected chi connectivity index (χ3v) is 10.7. The first-order chi connectivity index (χ1) is 23.9. The Kier molecular flexibility index (Phi) is 11.7. The third-order valence-electron chi connectivity index (χ3n) is 10.4. The normalized spacial score (nSPS) is 20.0. The summed E-state index contributed by atoms with van der Waals surface area (Å²) in [6, 6.07) is 14.8. The molecule has 0 amide bonds. The lowest BCUT2D eigenvalue weighted by Gasteiger charge is -2.41. The zero-order valence-corrected chi connectivity index (χ0v) is 29.6. The third kappa shape index (κ3) is 7.87. The molecule has 262 valence electrons. The van der Waals surface area contributed by atoms with Gasteiger partial charge < -0.3 is 19.1 Å². The minimum absolute atomic E-state index is 0.0507. The minimum Gasteiger partial charge on any atom is -0.461 e. The van der Waals surface area contributed by atoms with Crippen molar-refractivity contribution in [3.63, 3.8) is 0 Å². The van der Waals surface area contributed by atoms with Gasteiger partial charge >= 0.3 is 6.01 Å². The Bertz CT molecular complexity index is 1650. The number of nitrogens with zero attached hydrogens (tertiary/aromatic N) is 6. The predicted octanol–water partition coefficient (Wildman–Crippen LogP) is 7.03. The second-order valence-electron chi connectivity index (χ2n) is 13.4. The van der Waals surface area contributed by atoms with Crippen molar-refractivity contribution < 1.29 is 18.6 Å². The highest BCUT2D eigenvalue weighted by molar-refractivity contribution is 6.35. The molecule has 3 aliphatic rings. The number of hydrogen-bond acceptors (Lipinski definition) is 9. The molecular formula is C38H48ClFN6O3. The molecule has 0 spiro atoms. The van der Waals surface area contributed by atoms with Crippen LogP contribution >= 0.6 is 11.6 Å². The van der Waals surface area contributed by atoms with Gasteiger partial charge in [-0.2, -0.15) is 15.2 Å². The first kappa shape index (κ1) is 35.5. The zero-order valence-electron chi connectivity index (χ0n) is 28.8. The molecule has 1 unspecified atom stereocenters. The number of nitriles is 1. The van der Waals surface area contributed by atoms with Crippen LogP contribution in [0.25, 0.3) is 10.8 Å². The van der Waals surface area contributed by atoms with E-state index in [9.17, 15) is 9.65 Å². The summed E-state index contributed by atoms with van der Waals surface area (Å²) in [6.07, 6.45) is 5.88. The van der Waals surface area contributed by atoms with Crippen molar-refractivity contribution in [3.05, 3.63) is 70.6 Å². The number of anilines is 1.